The molecule has 0 bridgehead atoms. The first-order valence-electron chi connectivity index (χ1n) is 13.3. The van der Waals surface area contributed by atoms with E-state index in [0.717, 1.165) is 35.2 Å². The maximum absolute atomic E-state index is 15.5. The number of nitrogens with zero attached hydrogens (tertiary/aromatic N) is 1. The minimum absolute atomic E-state index is 0.245. The fraction of sp³-hybridized carbons (Fsp3) is 0.344. The monoisotopic (exact) mass is 551 g/mol. The first kappa shape index (κ1) is 27.8. The Balaban J connectivity index is 1.80. The van der Waals surface area contributed by atoms with Crippen molar-refractivity contribution >= 4 is 16.9 Å². The lowest BCUT2D eigenvalue weighted by Crippen LogP contribution is -2.28. The molecule has 5 nitrogen and oxygen atoms in total. The number of fused-ring (bicyclic) bond motifs is 2. The Kier molecular flexibility index (Phi) is 7.17. The molecule has 0 fully saturated rings. The Morgan fingerprint density at radius 2 is 1.82 bits per heavy atom. The van der Waals surface area contributed by atoms with E-state index < -0.39 is 35.1 Å². The summed E-state index contributed by atoms with van der Waals surface area (Å²) < 4.78 is 56.6. The molecule has 1 N–H and O–H groups in total. The molecule has 0 saturated carbocycles. The molecule has 1 aliphatic rings. The third-order valence-electron chi connectivity index (χ3n) is 7.32. The normalized spacial score (nSPS) is 14.2. The molecular weight excluding hydrogens is 519 g/mol. The predicted octanol–water partition coefficient (Wildman–Crippen LogP) is 7.66. The molecule has 40 heavy (non-hydrogen) atoms. The Morgan fingerprint density at radius 3 is 2.50 bits per heavy atom. The fourth-order valence-electron chi connectivity index (χ4n) is 5.59. The van der Waals surface area contributed by atoms with Gasteiger partial charge in [-0.3, -0.25) is 0 Å². The van der Waals surface area contributed by atoms with Gasteiger partial charge in [0.2, 0.25) is 0 Å². The van der Waals surface area contributed by atoms with E-state index in [-0.39, 0.29) is 12.3 Å². The van der Waals surface area contributed by atoms with Crippen molar-refractivity contribution in [3.05, 3.63) is 87.9 Å². The van der Waals surface area contributed by atoms with E-state index in [1.54, 1.807) is 20.8 Å². The smallest absolute Gasteiger partial charge is 0.337 e. The highest BCUT2D eigenvalue weighted by Gasteiger charge is 2.33. The number of aliphatic carboxylic acids is 1. The molecule has 0 amide bonds. The fourth-order valence-corrected chi connectivity index (χ4v) is 5.59. The van der Waals surface area contributed by atoms with E-state index in [0.29, 0.717) is 46.2 Å². The maximum atomic E-state index is 15.5. The van der Waals surface area contributed by atoms with Gasteiger partial charge in [-0.25, -0.2) is 18.0 Å². The van der Waals surface area contributed by atoms with Gasteiger partial charge in [0.05, 0.1) is 12.2 Å². The average molecular weight is 552 g/mol. The maximum Gasteiger partial charge on any atom is 0.337 e. The number of aryl methyl sites for hydroxylation is 1. The van der Waals surface area contributed by atoms with E-state index >= 15 is 4.39 Å². The van der Waals surface area contributed by atoms with Crippen LogP contribution in [0.25, 0.3) is 22.0 Å². The number of rotatable bonds is 6. The lowest BCUT2D eigenvalue weighted by molar-refractivity contribution is -0.160. The summed E-state index contributed by atoms with van der Waals surface area (Å²) in [7, 11) is 0. The van der Waals surface area contributed by atoms with Crippen LogP contribution in [0.5, 0.6) is 5.75 Å². The van der Waals surface area contributed by atoms with Crippen molar-refractivity contribution in [1.29, 1.82) is 0 Å². The van der Waals surface area contributed by atoms with Crippen LogP contribution in [0, 0.1) is 31.3 Å². The van der Waals surface area contributed by atoms with Crippen molar-refractivity contribution in [3.8, 4) is 16.9 Å². The second-order valence-electron chi connectivity index (χ2n) is 11.3. The van der Waals surface area contributed by atoms with Gasteiger partial charge in [-0.2, -0.15) is 0 Å². The summed E-state index contributed by atoms with van der Waals surface area (Å²) in [5.74, 6) is -3.26. The number of benzene rings is 3. The topological polar surface area (TPSA) is 60.7 Å². The van der Waals surface area contributed by atoms with Crippen molar-refractivity contribution in [2.45, 2.75) is 65.7 Å². The van der Waals surface area contributed by atoms with Crippen LogP contribution in [0.2, 0.25) is 0 Å². The summed E-state index contributed by atoms with van der Waals surface area (Å²) in [6.07, 6.45) is 1.90. The second-order valence-corrected chi connectivity index (χ2v) is 11.3. The van der Waals surface area contributed by atoms with Crippen LogP contribution in [0.15, 0.2) is 42.6 Å². The third kappa shape index (κ3) is 5.08. The molecule has 8 heteroatoms. The highest BCUT2D eigenvalue weighted by molar-refractivity contribution is 6.01. The van der Waals surface area contributed by atoms with E-state index in [9.17, 15) is 18.7 Å². The van der Waals surface area contributed by atoms with Crippen LogP contribution in [-0.2, 0) is 22.5 Å². The zero-order valence-corrected chi connectivity index (χ0v) is 23.2. The second kappa shape index (κ2) is 10.3. The first-order valence-corrected chi connectivity index (χ1v) is 13.3. The Hall–Kier alpha value is -3.78. The van der Waals surface area contributed by atoms with Crippen LogP contribution in [0.4, 0.5) is 13.2 Å². The van der Waals surface area contributed by atoms with Crippen molar-refractivity contribution in [2.24, 2.45) is 0 Å². The number of carboxylic acid groups (broad SMARTS) is 1. The Labute approximate surface area is 231 Å². The van der Waals surface area contributed by atoms with Crippen molar-refractivity contribution in [1.82, 2.24) is 4.57 Å². The largest absolute Gasteiger partial charge is 0.490 e. The van der Waals surface area contributed by atoms with Crippen molar-refractivity contribution in [3.63, 3.8) is 0 Å². The summed E-state index contributed by atoms with van der Waals surface area (Å²) in [5, 5.41) is 11.0. The molecule has 0 spiro atoms. The summed E-state index contributed by atoms with van der Waals surface area (Å²) in [6.45, 7) is 9.77. The average Bonchev–Trinajstić information content (AvgIpc) is 3.27. The molecule has 5 rings (SSSR count). The molecule has 1 unspecified atom stereocenters. The summed E-state index contributed by atoms with van der Waals surface area (Å²) in [4.78, 5) is 12.6. The molecule has 3 aromatic carbocycles. The van der Waals surface area contributed by atoms with Crippen LogP contribution >= 0.6 is 0 Å². The lowest BCUT2D eigenvalue weighted by atomic mass is 9.85. The van der Waals surface area contributed by atoms with E-state index in [4.69, 9.17) is 9.47 Å². The molecule has 1 aromatic heterocycles. The number of carboxylic acids is 1. The van der Waals surface area contributed by atoms with Gasteiger partial charge < -0.3 is 19.1 Å². The van der Waals surface area contributed by atoms with Crippen LogP contribution in [0.1, 0.15) is 61.1 Å². The zero-order chi connectivity index (χ0) is 28.9. The van der Waals surface area contributed by atoms with Gasteiger partial charge in [0.1, 0.15) is 0 Å². The minimum atomic E-state index is -1.32. The van der Waals surface area contributed by atoms with Crippen LogP contribution < -0.4 is 4.74 Å². The van der Waals surface area contributed by atoms with Gasteiger partial charge in [0.15, 0.2) is 29.3 Å². The number of carbonyl (C=O) groups is 1. The highest BCUT2D eigenvalue weighted by Crippen LogP contribution is 2.45. The molecule has 1 atom stereocenters. The molecule has 210 valence electrons. The molecule has 0 aliphatic carbocycles. The third-order valence-corrected chi connectivity index (χ3v) is 7.32. The Morgan fingerprint density at radius 1 is 1.07 bits per heavy atom. The minimum Gasteiger partial charge on any atom is -0.490 e. The van der Waals surface area contributed by atoms with Gasteiger partial charge in [-0.1, -0.05) is 6.07 Å². The summed E-state index contributed by atoms with van der Waals surface area (Å²) in [5.41, 5.74) is 4.36. The van der Waals surface area contributed by atoms with Crippen LogP contribution in [0.3, 0.4) is 0 Å². The van der Waals surface area contributed by atoms with Crippen LogP contribution in [-0.4, -0.2) is 27.9 Å². The Bertz CT molecular complexity index is 1630. The van der Waals surface area contributed by atoms with Crippen molar-refractivity contribution < 1.29 is 32.5 Å². The van der Waals surface area contributed by atoms with Gasteiger partial charge in [0, 0.05) is 34.8 Å². The van der Waals surface area contributed by atoms with Gasteiger partial charge in [-0.05, 0) is 106 Å². The number of hydrogen-bond donors (Lipinski definition) is 1. The first-order chi connectivity index (χ1) is 18.9. The lowest BCUT2D eigenvalue weighted by Gasteiger charge is -2.29. The van der Waals surface area contributed by atoms with Gasteiger partial charge in [-0.15, -0.1) is 0 Å². The van der Waals surface area contributed by atoms with Gasteiger partial charge in [0.25, 0.3) is 0 Å². The molecule has 0 radical (unpaired) electrons. The highest BCUT2D eigenvalue weighted by atomic mass is 19.2. The molecular formula is C32H32F3NO4. The SMILES string of the molecule is Cc1cc2c(ccn2Cc2ccc(F)c(F)c2)c(-c2cc(F)c3c(c2C)CCCO3)c1C(OC(C)(C)C)C(=O)O. The number of aromatic nitrogens is 1. The van der Waals surface area contributed by atoms with E-state index in [1.807, 2.05) is 36.7 Å². The predicted molar refractivity (Wildman–Crippen MR) is 147 cm³/mol. The van der Waals surface area contributed by atoms with Crippen molar-refractivity contribution in [2.75, 3.05) is 6.61 Å². The molecule has 1 aliphatic heterocycles. The molecule has 4 aromatic rings. The standard InChI is InChI=1S/C32H32F3NO4/c1-17-13-26-21(10-11-36(26)16-19-8-9-23(33)24(34)14-19)28(27(17)30(31(37)38)40-32(3,4)5)22-15-25(35)29-20(18(22)2)7-6-12-39-29/h8-11,13-15,30H,6-7,12,16H2,1-5H3,(H,37,38). The number of halogens is 3. The van der Waals surface area contributed by atoms with E-state index in [2.05, 4.69) is 0 Å². The summed E-state index contributed by atoms with van der Waals surface area (Å²) in [6, 6.07) is 8.89. The summed E-state index contributed by atoms with van der Waals surface area (Å²) >= 11 is 0. The zero-order valence-electron chi connectivity index (χ0n) is 23.2. The number of ether oxygens (including phenoxy) is 2. The molecule has 2 heterocycles. The van der Waals surface area contributed by atoms with E-state index in [1.165, 1.54) is 12.1 Å². The van der Waals surface area contributed by atoms with Gasteiger partial charge >= 0.3 is 5.97 Å². The molecule has 0 saturated heterocycles. The number of hydrogen-bond acceptors (Lipinski definition) is 3. The quantitative estimate of drug-likeness (QED) is 0.267.